The molecule has 0 heterocycles. The summed E-state index contributed by atoms with van der Waals surface area (Å²) < 4.78 is 0. The Kier molecular flexibility index (Phi) is 3.97. The van der Waals surface area contributed by atoms with Crippen molar-refractivity contribution in [2.24, 2.45) is 17.0 Å². The number of rotatable bonds is 2. The molecule has 0 aromatic heterocycles. The fourth-order valence-corrected chi connectivity index (χ4v) is 2.59. The fraction of sp³-hybridized carbons (Fsp3) is 0.400. The molecule has 1 aromatic rings. The van der Waals surface area contributed by atoms with Gasteiger partial charge in [0, 0.05) is 5.92 Å². The minimum atomic E-state index is 0.286. The quantitative estimate of drug-likeness (QED) is 0.464. The van der Waals surface area contributed by atoms with Gasteiger partial charge in [0.2, 0.25) is 0 Å². The highest BCUT2D eigenvalue weighted by molar-refractivity contribution is 5.69. The predicted molar refractivity (Wildman–Crippen MR) is 71.2 cm³/mol. The van der Waals surface area contributed by atoms with Gasteiger partial charge in [-0.3, -0.25) is 0 Å². The summed E-state index contributed by atoms with van der Waals surface area (Å²) in [4.78, 5) is 0. The molecule has 0 bridgehead atoms. The van der Waals surface area contributed by atoms with Crippen molar-refractivity contribution < 1.29 is 5.21 Å². The maximum absolute atomic E-state index is 8.76. The summed E-state index contributed by atoms with van der Waals surface area (Å²) in [6, 6.07) is 10.3. The van der Waals surface area contributed by atoms with Crippen LogP contribution < -0.4 is 0 Å². The minimum Gasteiger partial charge on any atom is -0.411 e. The summed E-state index contributed by atoms with van der Waals surface area (Å²) in [5.74, 6) is 0.851. The van der Waals surface area contributed by atoms with Crippen LogP contribution in [0, 0.1) is 11.8 Å². The van der Waals surface area contributed by atoms with Crippen LogP contribution in [0.1, 0.15) is 31.7 Å². The maximum Gasteiger partial charge on any atom is 0.0510 e. The lowest BCUT2D eigenvalue weighted by atomic mass is 9.77. The Morgan fingerprint density at radius 1 is 1.29 bits per heavy atom. The first kappa shape index (κ1) is 11.9. The standard InChI is InChI=1S/C15H19NO/c1-12-6-5-9-14(15(12)11-16-17)10-13-7-3-2-4-8-13/h2-4,7-8,10-12,15,17H,5-6,9H2,1H3/b14-10+,16-11?. The van der Waals surface area contributed by atoms with Gasteiger partial charge in [-0.15, -0.1) is 5.16 Å². The Labute approximate surface area is 103 Å². The van der Waals surface area contributed by atoms with Gasteiger partial charge in [0.25, 0.3) is 0 Å². The molecule has 90 valence electrons. The van der Waals surface area contributed by atoms with Gasteiger partial charge in [-0.1, -0.05) is 48.9 Å². The zero-order valence-electron chi connectivity index (χ0n) is 10.2. The van der Waals surface area contributed by atoms with Crippen molar-refractivity contribution in [3.05, 3.63) is 41.5 Å². The topological polar surface area (TPSA) is 32.6 Å². The van der Waals surface area contributed by atoms with Gasteiger partial charge < -0.3 is 5.21 Å². The first-order valence-electron chi connectivity index (χ1n) is 6.24. The molecule has 0 spiro atoms. The molecule has 1 fully saturated rings. The molecule has 1 N–H and O–H groups in total. The molecule has 0 saturated heterocycles. The Morgan fingerprint density at radius 3 is 2.76 bits per heavy atom. The van der Waals surface area contributed by atoms with Crippen LogP contribution in [0.5, 0.6) is 0 Å². The third-order valence-electron chi connectivity index (χ3n) is 3.55. The fourth-order valence-electron chi connectivity index (χ4n) is 2.59. The van der Waals surface area contributed by atoms with Crippen LogP contribution in [0.2, 0.25) is 0 Å². The van der Waals surface area contributed by atoms with Crippen LogP contribution in [-0.2, 0) is 0 Å². The molecule has 17 heavy (non-hydrogen) atoms. The molecular weight excluding hydrogens is 210 g/mol. The summed E-state index contributed by atoms with van der Waals surface area (Å²) in [6.45, 7) is 2.23. The zero-order chi connectivity index (χ0) is 12.1. The molecule has 0 amide bonds. The lowest BCUT2D eigenvalue weighted by Crippen LogP contribution is -2.20. The van der Waals surface area contributed by atoms with Crippen LogP contribution in [0.15, 0.2) is 41.1 Å². The Balaban J connectivity index is 2.25. The molecule has 1 saturated carbocycles. The number of benzene rings is 1. The minimum absolute atomic E-state index is 0.286. The number of allylic oxidation sites excluding steroid dienone is 1. The van der Waals surface area contributed by atoms with Crippen molar-refractivity contribution in [2.75, 3.05) is 0 Å². The lowest BCUT2D eigenvalue weighted by molar-refractivity contribution is 0.312. The van der Waals surface area contributed by atoms with E-state index in [-0.39, 0.29) is 5.92 Å². The molecule has 2 heteroatoms. The number of hydrogen-bond donors (Lipinski definition) is 1. The lowest BCUT2D eigenvalue weighted by Gasteiger charge is -2.28. The molecular formula is C15H19NO. The van der Waals surface area contributed by atoms with Crippen molar-refractivity contribution >= 4 is 12.3 Å². The second-order valence-corrected chi connectivity index (χ2v) is 4.79. The molecule has 1 aromatic carbocycles. The molecule has 1 aliphatic rings. The highest BCUT2D eigenvalue weighted by Gasteiger charge is 2.24. The van der Waals surface area contributed by atoms with Crippen molar-refractivity contribution in [1.29, 1.82) is 0 Å². The van der Waals surface area contributed by atoms with Crippen LogP contribution >= 0.6 is 0 Å². The van der Waals surface area contributed by atoms with Gasteiger partial charge in [-0.25, -0.2) is 0 Å². The molecule has 0 aliphatic heterocycles. The summed E-state index contributed by atoms with van der Waals surface area (Å²) in [5, 5.41) is 12.0. The van der Waals surface area contributed by atoms with Gasteiger partial charge in [0.15, 0.2) is 0 Å². The van der Waals surface area contributed by atoms with Gasteiger partial charge in [0.05, 0.1) is 6.21 Å². The zero-order valence-corrected chi connectivity index (χ0v) is 10.2. The van der Waals surface area contributed by atoms with Crippen molar-refractivity contribution in [1.82, 2.24) is 0 Å². The van der Waals surface area contributed by atoms with E-state index in [1.54, 1.807) is 6.21 Å². The van der Waals surface area contributed by atoms with Crippen LogP contribution in [0.25, 0.3) is 6.08 Å². The van der Waals surface area contributed by atoms with E-state index in [2.05, 4.69) is 30.3 Å². The third-order valence-corrected chi connectivity index (χ3v) is 3.55. The highest BCUT2D eigenvalue weighted by Crippen LogP contribution is 2.34. The van der Waals surface area contributed by atoms with Crippen LogP contribution in [0.4, 0.5) is 0 Å². The van der Waals surface area contributed by atoms with Gasteiger partial charge in [-0.2, -0.15) is 0 Å². The monoisotopic (exact) mass is 229 g/mol. The smallest absolute Gasteiger partial charge is 0.0510 e. The normalized spacial score (nSPS) is 27.7. The molecule has 2 rings (SSSR count). The van der Waals surface area contributed by atoms with Gasteiger partial charge in [0.1, 0.15) is 0 Å². The second kappa shape index (κ2) is 5.67. The summed E-state index contributed by atoms with van der Waals surface area (Å²) in [5.41, 5.74) is 2.61. The molecule has 2 atom stereocenters. The SMILES string of the molecule is CC1CCC/C(=C\c2ccccc2)C1C=NO. The van der Waals surface area contributed by atoms with E-state index in [0.29, 0.717) is 5.92 Å². The second-order valence-electron chi connectivity index (χ2n) is 4.79. The predicted octanol–water partition coefficient (Wildman–Crippen LogP) is 3.97. The Bertz CT molecular complexity index is 408. The van der Waals surface area contributed by atoms with E-state index in [0.717, 1.165) is 6.42 Å². The van der Waals surface area contributed by atoms with E-state index < -0.39 is 0 Å². The van der Waals surface area contributed by atoms with E-state index in [4.69, 9.17) is 5.21 Å². The Morgan fingerprint density at radius 2 is 2.06 bits per heavy atom. The van der Waals surface area contributed by atoms with E-state index in [1.165, 1.54) is 24.0 Å². The van der Waals surface area contributed by atoms with E-state index in [1.807, 2.05) is 18.2 Å². The Hall–Kier alpha value is -1.57. The summed E-state index contributed by atoms with van der Waals surface area (Å²) in [7, 11) is 0. The van der Waals surface area contributed by atoms with E-state index in [9.17, 15) is 0 Å². The number of nitrogens with zero attached hydrogens (tertiary/aromatic N) is 1. The third kappa shape index (κ3) is 2.96. The molecule has 2 nitrogen and oxygen atoms in total. The molecule has 2 unspecified atom stereocenters. The average molecular weight is 229 g/mol. The number of oxime groups is 1. The van der Waals surface area contributed by atoms with Crippen molar-refractivity contribution in [3.8, 4) is 0 Å². The van der Waals surface area contributed by atoms with E-state index >= 15 is 0 Å². The first-order valence-corrected chi connectivity index (χ1v) is 6.24. The summed E-state index contributed by atoms with van der Waals surface area (Å²) >= 11 is 0. The van der Waals surface area contributed by atoms with Gasteiger partial charge >= 0.3 is 0 Å². The van der Waals surface area contributed by atoms with Crippen LogP contribution in [0.3, 0.4) is 0 Å². The summed E-state index contributed by atoms with van der Waals surface area (Å²) in [6.07, 6.45) is 7.47. The first-order chi connectivity index (χ1) is 8.31. The highest BCUT2D eigenvalue weighted by atomic mass is 16.4. The van der Waals surface area contributed by atoms with Crippen molar-refractivity contribution in [2.45, 2.75) is 26.2 Å². The largest absolute Gasteiger partial charge is 0.411 e. The van der Waals surface area contributed by atoms with Crippen LogP contribution in [-0.4, -0.2) is 11.4 Å². The average Bonchev–Trinajstić information content (AvgIpc) is 2.35. The van der Waals surface area contributed by atoms with Crippen molar-refractivity contribution in [3.63, 3.8) is 0 Å². The molecule has 1 aliphatic carbocycles. The molecule has 0 radical (unpaired) electrons. The van der Waals surface area contributed by atoms with Gasteiger partial charge in [-0.05, 0) is 30.7 Å². The maximum atomic E-state index is 8.76. The number of hydrogen-bond acceptors (Lipinski definition) is 2.